The lowest BCUT2D eigenvalue weighted by molar-refractivity contribution is 1.03. The van der Waals surface area contributed by atoms with Gasteiger partial charge in [-0.25, -0.2) is 0 Å². The summed E-state index contributed by atoms with van der Waals surface area (Å²) in [6.07, 6.45) is 0.866. The smallest absolute Gasteiger partial charge is 0.153 e. The number of anilines is 2. The highest BCUT2D eigenvalue weighted by Gasteiger charge is 2.04. The van der Waals surface area contributed by atoms with Gasteiger partial charge in [0.1, 0.15) is 0 Å². The first-order valence-corrected chi connectivity index (χ1v) is 7.07. The lowest BCUT2D eigenvalue weighted by Gasteiger charge is -2.11. The van der Waals surface area contributed by atoms with Gasteiger partial charge in [0.15, 0.2) is 11.0 Å². The van der Waals surface area contributed by atoms with Crippen LogP contribution in [0.3, 0.4) is 0 Å². The van der Waals surface area contributed by atoms with Gasteiger partial charge in [-0.15, -0.1) is 10.2 Å². The second-order valence-electron chi connectivity index (χ2n) is 4.69. The monoisotopic (exact) mass is 295 g/mol. The number of nitrogens with one attached hydrogen (secondary N) is 1. The Morgan fingerprint density at radius 1 is 0.810 bits per heavy atom. The average Bonchev–Trinajstić information content (AvgIpc) is 2.52. The van der Waals surface area contributed by atoms with Gasteiger partial charge < -0.3 is 5.32 Å². The van der Waals surface area contributed by atoms with Crippen molar-refractivity contribution in [3.63, 3.8) is 0 Å². The summed E-state index contributed by atoms with van der Waals surface area (Å²) in [7, 11) is 0. The number of hydrogen-bond acceptors (Lipinski definition) is 3. The van der Waals surface area contributed by atoms with Gasteiger partial charge in [0.25, 0.3) is 0 Å². The maximum Gasteiger partial charge on any atom is 0.153 e. The molecule has 0 aliphatic heterocycles. The van der Waals surface area contributed by atoms with E-state index in [9.17, 15) is 0 Å². The minimum atomic E-state index is 0.387. The SMILES string of the molecule is Clc1ccc(Nc2ccccc2Cc2ccccc2)nn1. The quantitative estimate of drug-likeness (QED) is 0.772. The Bertz CT molecular complexity index is 712. The molecule has 0 spiro atoms. The normalized spacial score (nSPS) is 10.3. The van der Waals surface area contributed by atoms with Gasteiger partial charge in [0.05, 0.1) is 0 Å². The molecule has 0 aliphatic rings. The highest BCUT2D eigenvalue weighted by Crippen LogP contribution is 2.22. The molecule has 1 heterocycles. The molecular formula is C17H14ClN3. The molecule has 3 nitrogen and oxygen atoms in total. The maximum absolute atomic E-state index is 5.75. The standard InChI is InChI=1S/C17H14ClN3/c18-16-10-11-17(21-20-16)19-15-9-5-4-8-14(15)12-13-6-2-1-3-7-13/h1-11H,12H2,(H,19,21). The Labute approximate surface area is 128 Å². The maximum atomic E-state index is 5.75. The van der Waals surface area contributed by atoms with Crippen LogP contribution in [0, 0.1) is 0 Å². The van der Waals surface area contributed by atoms with E-state index in [1.165, 1.54) is 11.1 Å². The van der Waals surface area contributed by atoms with E-state index in [0.29, 0.717) is 11.0 Å². The second kappa shape index (κ2) is 6.37. The number of halogens is 1. The molecule has 2 aromatic carbocycles. The van der Waals surface area contributed by atoms with Gasteiger partial charge in [0, 0.05) is 5.69 Å². The zero-order valence-corrected chi connectivity index (χ0v) is 12.1. The first-order chi connectivity index (χ1) is 10.3. The Balaban J connectivity index is 1.84. The fourth-order valence-corrected chi connectivity index (χ4v) is 2.23. The van der Waals surface area contributed by atoms with E-state index in [2.05, 4.69) is 45.8 Å². The molecule has 0 fully saturated rings. The summed E-state index contributed by atoms with van der Waals surface area (Å²) < 4.78 is 0. The van der Waals surface area contributed by atoms with Crippen molar-refractivity contribution in [2.24, 2.45) is 0 Å². The van der Waals surface area contributed by atoms with Crippen LogP contribution in [-0.4, -0.2) is 10.2 Å². The summed E-state index contributed by atoms with van der Waals surface area (Å²) >= 11 is 5.75. The van der Waals surface area contributed by atoms with Crippen molar-refractivity contribution in [1.29, 1.82) is 0 Å². The number of benzene rings is 2. The first kappa shape index (κ1) is 13.6. The fourth-order valence-electron chi connectivity index (χ4n) is 2.13. The van der Waals surface area contributed by atoms with E-state index in [-0.39, 0.29) is 0 Å². The molecule has 0 radical (unpaired) electrons. The third kappa shape index (κ3) is 3.58. The van der Waals surface area contributed by atoms with Crippen molar-refractivity contribution in [3.8, 4) is 0 Å². The molecule has 0 atom stereocenters. The minimum Gasteiger partial charge on any atom is -0.338 e. The van der Waals surface area contributed by atoms with E-state index < -0.39 is 0 Å². The number of para-hydroxylation sites is 1. The van der Waals surface area contributed by atoms with Crippen molar-refractivity contribution in [2.45, 2.75) is 6.42 Å². The lowest BCUT2D eigenvalue weighted by atomic mass is 10.0. The van der Waals surface area contributed by atoms with Crippen LogP contribution in [0.2, 0.25) is 5.15 Å². The van der Waals surface area contributed by atoms with Gasteiger partial charge in [-0.3, -0.25) is 0 Å². The Kier molecular flexibility index (Phi) is 4.12. The van der Waals surface area contributed by atoms with Gasteiger partial charge in [-0.05, 0) is 35.7 Å². The van der Waals surface area contributed by atoms with E-state index in [1.54, 1.807) is 6.07 Å². The number of nitrogens with zero attached hydrogens (tertiary/aromatic N) is 2. The summed E-state index contributed by atoms with van der Waals surface area (Å²) in [5.74, 6) is 0.680. The molecule has 0 amide bonds. The molecule has 0 unspecified atom stereocenters. The molecule has 1 aromatic heterocycles. The van der Waals surface area contributed by atoms with E-state index in [0.717, 1.165) is 12.1 Å². The second-order valence-corrected chi connectivity index (χ2v) is 5.07. The number of hydrogen-bond donors (Lipinski definition) is 1. The average molecular weight is 296 g/mol. The van der Waals surface area contributed by atoms with Crippen LogP contribution in [0.1, 0.15) is 11.1 Å². The van der Waals surface area contributed by atoms with Crippen LogP contribution < -0.4 is 5.32 Å². The Morgan fingerprint density at radius 2 is 1.57 bits per heavy atom. The van der Waals surface area contributed by atoms with Crippen LogP contribution in [0.4, 0.5) is 11.5 Å². The number of rotatable bonds is 4. The predicted molar refractivity (Wildman–Crippen MR) is 86.0 cm³/mol. The Hall–Kier alpha value is -2.39. The molecule has 3 aromatic rings. The Morgan fingerprint density at radius 3 is 2.33 bits per heavy atom. The first-order valence-electron chi connectivity index (χ1n) is 6.69. The molecule has 0 aliphatic carbocycles. The summed E-state index contributed by atoms with van der Waals surface area (Å²) in [4.78, 5) is 0. The molecule has 21 heavy (non-hydrogen) atoms. The van der Waals surface area contributed by atoms with Crippen LogP contribution in [0.5, 0.6) is 0 Å². The minimum absolute atomic E-state index is 0.387. The van der Waals surface area contributed by atoms with Gasteiger partial charge >= 0.3 is 0 Å². The van der Waals surface area contributed by atoms with Gasteiger partial charge in [0.2, 0.25) is 0 Å². The zero-order chi connectivity index (χ0) is 14.5. The van der Waals surface area contributed by atoms with E-state index in [1.807, 2.05) is 30.3 Å². The van der Waals surface area contributed by atoms with Crippen LogP contribution in [0.25, 0.3) is 0 Å². The van der Waals surface area contributed by atoms with Crippen molar-refractivity contribution < 1.29 is 0 Å². The zero-order valence-electron chi connectivity index (χ0n) is 11.3. The van der Waals surface area contributed by atoms with E-state index in [4.69, 9.17) is 11.6 Å². The lowest BCUT2D eigenvalue weighted by Crippen LogP contribution is -1.99. The van der Waals surface area contributed by atoms with E-state index >= 15 is 0 Å². The molecule has 4 heteroatoms. The number of aromatic nitrogens is 2. The van der Waals surface area contributed by atoms with Gasteiger partial charge in [-0.2, -0.15) is 0 Å². The summed E-state index contributed by atoms with van der Waals surface area (Å²) in [6.45, 7) is 0. The summed E-state index contributed by atoms with van der Waals surface area (Å²) in [5, 5.41) is 11.5. The molecule has 0 saturated carbocycles. The third-order valence-electron chi connectivity index (χ3n) is 3.15. The molecule has 3 rings (SSSR count). The van der Waals surface area contributed by atoms with Gasteiger partial charge in [-0.1, -0.05) is 60.1 Å². The topological polar surface area (TPSA) is 37.8 Å². The largest absolute Gasteiger partial charge is 0.338 e. The molecule has 104 valence electrons. The van der Waals surface area contributed by atoms with Crippen molar-refractivity contribution in [3.05, 3.63) is 83.0 Å². The van der Waals surface area contributed by atoms with Crippen molar-refractivity contribution >= 4 is 23.1 Å². The van der Waals surface area contributed by atoms with Crippen LogP contribution in [0.15, 0.2) is 66.7 Å². The molecule has 0 bridgehead atoms. The van der Waals surface area contributed by atoms with Crippen LogP contribution in [-0.2, 0) is 6.42 Å². The predicted octanol–water partition coefficient (Wildman–Crippen LogP) is 4.46. The molecule has 1 N–H and O–H groups in total. The fraction of sp³-hybridized carbons (Fsp3) is 0.0588. The third-order valence-corrected chi connectivity index (χ3v) is 3.35. The van der Waals surface area contributed by atoms with Crippen molar-refractivity contribution in [2.75, 3.05) is 5.32 Å². The van der Waals surface area contributed by atoms with Crippen LogP contribution >= 0.6 is 11.6 Å². The summed E-state index contributed by atoms with van der Waals surface area (Å²) in [5.41, 5.74) is 3.51. The highest BCUT2D eigenvalue weighted by atomic mass is 35.5. The molecule has 0 saturated heterocycles. The summed E-state index contributed by atoms with van der Waals surface area (Å²) in [6, 6.07) is 22.1. The van der Waals surface area contributed by atoms with Crippen molar-refractivity contribution in [1.82, 2.24) is 10.2 Å². The molecular weight excluding hydrogens is 282 g/mol. The highest BCUT2D eigenvalue weighted by molar-refractivity contribution is 6.29.